The van der Waals surface area contributed by atoms with Gasteiger partial charge in [-0.15, -0.1) is 10.2 Å². The Kier molecular flexibility index (Phi) is 2.75. The SMILES string of the molecule is Cc1nnc(OC2CCNCC2)s1. The molecule has 2 rings (SSSR count). The zero-order valence-electron chi connectivity index (χ0n) is 7.62. The van der Waals surface area contributed by atoms with Crippen molar-refractivity contribution in [3.8, 4) is 5.19 Å². The highest BCUT2D eigenvalue weighted by Crippen LogP contribution is 2.20. The molecule has 1 aromatic heterocycles. The first-order valence-electron chi connectivity index (χ1n) is 4.52. The van der Waals surface area contributed by atoms with Crippen LogP contribution >= 0.6 is 11.3 Å². The van der Waals surface area contributed by atoms with Crippen LogP contribution < -0.4 is 10.1 Å². The molecule has 0 aliphatic carbocycles. The summed E-state index contributed by atoms with van der Waals surface area (Å²) in [5.74, 6) is 0. The fourth-order valence-electron chi connectivity index (χ4n) is 1.38. The van der Waals surface area contributed by atoms with E-state index in [2.05, 4.69) is 15.5 Å². The molecule has 2 heterocycles. The molecule has 0 unspecified atom stereocenters. The van der Waals surface area contributed by atoms with Crippen LogP contribution in [0.3, 0.4) is 0 Å². The van der Waals surface area contributed by atoms with Crippen molar-refractivity contribution in [3.63, 3.8) is 0 Å². The molecule has 0 atom stereocenters. The summed E-state index contributed by atoms with van der Waals surface area (Å²) in [7, 11) is 0. The second-order valence-electron chi connectivity index (χ2n) is 3.15. The molecule has 0 saturated carbocycles. The molecule has 1 fully saturated rings. The Bertz CT molecular complexity index is 270. The number of nitrogens with zero attached hydrogens (tertiary/aromatic N) is 2. The molecule has 1 aliphatic heterocycles. The minimum Gasteiger partial charge on any atom is -0.466 e. The maximum absolute atomic E-state index is 5.68. The van der Waals surface area contributed by atoms with E-state index in [1.54, 1.807) is 0 Å². The first-order valence-corrected chi connectivity index (χ1v) is 5.34. The Morgan fingerprint density at radius 2 is 2.15 bits per heavy atom. The number of hydrogen-bond acceptors (Lipinski definition) is 5. The van der Waals surface area contributed by atoms with Gasteiger partial charge in [-0.1, -0.05) is 11.3 Å². The van der Waals surface area contributed by atoms with Gasteiger partial charge in [0.05, 0.1) is 0 Å². The van der Waals surface area contributed by atoms with Gasteiger partial charge in [0.2, 0.25) is 0 Å². The van der Waals surface area contributed by atoms with Gasteiger partial charge in [0.1, 0.15) is 11.1 Å². The molecule has 0 radical (unpaired) electrons. The Hall–Kier alpha value is -0.680. The Labute approximate surface area is 81.3 Å². The van der Waals surface area contributed by atoms with Crippen LogP contribution in [0.25, 0.3) is 0 Å². The first kappa shape index (κ1) is 8.90. The lowest BCUT2D eigenvalue weighted by Gasteiger charge is -2.21. The molecule has 0 amide bonds. The molecule has 1 aliphatic rings. The van der Waals surface area contributed by atoms with E-state index < -0.39 is 0 Å². The van der Waals surface area contributed by atoms with Crippen molar-refractivity contribution in [2.24, 2.45) is 0 Å². The maximum atomic E-state index is 5.68. The third-order valence-electron chi connectivity index (χ3n) is 2.06. The van der Waals surface area contributed by atoms with Crippen LogP contribution in [0.5, 0.6) is 5.19 Å². The van der Waals surface area contributed by atoms with Gasteiger partial charge in [0, 0.05) is 0 Å². The van der Waals surface area contributed by atoms with Gasteiger partial charge >= 0.3 is 0 Å². The Balaban J connectivity index is 1.89. The summed E-state index contributed by atoms with van der Waals surface area (Å²) >= 11 is 1.52. The largest absolute Gasteiger partial charge is 0.466 e. The lowest BCUT2D eigenvalue weighted by molar-refractivity contribution is 0.160. The number of piperidine rings is 1. The highest BCUT2D eigenvalue weighted by atomic mass is 32.1. The molecule has 1 N–H and O–H groups in total. The third kappa shape index (κ3) is 2.38. The predicted octanol–water partition coefficient (Wildman–Crippen LogP) is 0.977. The van der Waals surface area contributed by atoms with Crippen molar-refractivity contribution in [2.75, 3.05) is 13.1 Å². The zero-order valence-corrected chi connectivity index (χ0v) is 8.43. The number of rotatable bonds is 2. The lowest BCUT2D eigenvalue weighted by atomic mass is 10.1. The molecule has 1 aromatic rings. The van der Waals surface area contributed by atoms with E-state index in [1.165, 1.54) is 11.3 Å². The molecule has 4 nitrogen and oxygen atoms in total. The van der Waals surface area contributed by atoms with Crippen molar-refractivity contribution in [2.45, 2.75) is 25.9 Å². The van der Waals surface area contributed by atoms with Crippen LogP contribution in [-0.4, -0.2) is 29.4 Å². The standard InChI is InChI=1S/C8H13N3OS/c1-6-10-11-8(13-6)12-7-2-4-9-5-3-7/h7,9H,2-5H2,1H3. The van der Waals surface area contributed by atoms with Crippen molar-refractivity contribution < 1.29 is 4.74 Å². The summed E-state index contributed by atoms with van der Waals surface area (Å²) in [6.45, 7) is 4.03. The molecule has 5 heteroatoms. The molecule has 0 bridgehead atoms. The van der Waals surface area contributed by atoms with E-state index in [-0.39, 0.29) is 0 Å². The van der Waals surface area contributed by atoms with Gasteiger partial charge in [-0.2, -0.15) is 0 Å². The molecular weight excluding hydrogens is 186 g/mol. The smallest absolute Gasteiger partial charge is 0.294 e. The maximum Gasteiger partial charge on any atom is 0.294 e. The molecule has 1 saturated heterocycles. The molecule has 0 spiro atoms. The number of hydrogen-bond donors (Lipinski definition) is 1. The monoisotopic (exact) mass is 199 g/mol. The van der Waals surface area contributed by atoms with Crippen LogP contribution in [-0.2, 0) is 0 Å². The van der Waals surface area contributed by atoms with E-state index in [9.17, 15) is 0 Å². The van der Waals surface area contributed by atoms with Crippen LogP contribution in [0, 0.1) is 6.92 Å². The second kappa shape index (κ2) is 4.02. The Morgan fingerprint density at radius 1 is 1.38 bits per heavy atom. The van der Waals surface area contributed by atoms with Crippen LogP contribution in [0.2, 0.25) is 0 Å². The first-order chi connectivity index (χ1) is 6.34. The van der Waals surface area contributed by atoms with E-state index >= 15 is 0 Å². The lowest BCUT2D eigenvalue weighted by Crippen LogP contribution is -2.34. The summed E-state index contributed by atoms with van der Waals surface area (Å²) < 4.78 is 5.68. The molecule has 13 heavy (non-hydrogen) atoms. The van der Waals surface area contributed by atoms with Crippen LogP contribution in [0.4, 0.5) is 0 Å². The molecule has 72 valence electrons. The van der Waals surface area contributed by atoms with Crippen molar-refractivity contribution in [3.05, 3.63) is 5.01 Å². The van der Waals surface area contributed by atoms with Gasteiger partial charge in [-0.05, 0) is 32.9 Å². The zero-order chi connectivity index (χ0) is 9.10. The normalized spacial score (nSPS) is 18.8. The quantitative estimate of drug-likeness (QED) is 0.771. The van der Waals surface area contributed by atoms with Crippen LogP contribution in [0.1, 0.15) is 17.8 Å². The predicted molar refractivity (Wildman–Crippen MR) is 51.2 cm³/mol. The average Bonchev–Trinajstić information content (AvgIpc) is 2.53. The summed E-state index contributed by atoms with van der Waals surface area (Å²) in [5.41, 5.74) is 0. The summed E-state index contributed by atoms with van der Waals surface area (Å²) in [5, 5.41) is 12.8. The van der Waals surface area contributed by atoms with Gasteiger partial charge in [0.25, 0.3) is 5.19 Å². The summed E-state index contributed by atoms with van der Waals surface area (Å²) in [4.78, 5) is 0. The average molecular weight is 199 g/mol. The van der Waals surface area contributed by atoms with E-state index in [0.717, 1.165) is 30.9 Å². The highest BCUT2D eigenvalue weighted by molar-refractivity contribution is 7.12. The van der Waals surface area contributed by atoms with E-state index in [0.29, 0.717) is 11.3 Å². The second-order valence-corrected chi connectivity index (χ2v) is 4.30. The number of nitrogens with one attached hydrogen (secondary N) is 1. The van der Waals surface area contributed by atoms with Gasteiger partial charge in [0.15, 0.2) is 0 Å². The number of ether oxygens (including phenoxy) is 1. The Morgan fingerprint density at radius 3 is 2.77 bits per heavy atom. The molecular formula is C8H13N3OS. The van der Waals surface area contributed by atoms with Crippen molar-refractivity contribution in [1.29, 1.82) is 0 Å². The molecule has 0 aromatic carbocycles. The minimum absolute atomic E-state index is 0.327. The minimum atomic E-state index is 0.327. The van der Waals surface area contributed by atoms with E-state index in [4.69, 9.17) is 4.74 Å². The fraction of sp³-hybridized carbons (Fsp3) is 0.750. The highest BCUT2D eigenvalue weighted by Gasteiger charge is 2.15. The number of aromatic nitrogens is 2. The summed E-state index contributed by atoms with van der Waals surface area (Å²) in [6, 6.07) is 0. The van der Waals surface area contributed by atoms with Gasteiger partial charge in [-0.25, -0.2) is 0 Å². The third-order valence-corrected chi connectivity index (χ3v) is 2.79. The van der Waals surface area contributed by atoms with Crippen LogP contribution in [0.15, 0.2) is 0 Å². The number of aryl methyl sites for hydroxylation is 1. The topological polar surface area (TPSA) is 47.0 Å². The fourth-order valence-corrected chi connectivity index (χ4v) is 1.98. The van der Waals surface area contributed by atoms with Crippen molar-refractivity contribution in [1.82, 2.24) is 15.5 Å². The summed E-state index contributed by atoms with van der Waals surface area (Å²) in [6.07, 6.45) is 2.46. The van der Waals surface area contributed by atoms with Gasteiger partial charge < -0.3 is 10.1 Å². The van der Waals surface area contributed by atoms with Crippen molar-refractivity contribution >= 4 is 11.3 Å². The van der Waals surface area contributed by atoms with E-state index in [1.807, 2.05) is 6.92 Å². The van der Waals surface area contributed by atoms with Gasteiger partial charge in [-0.3, -0.25) is 0 Å².